The van der Waals surface area contributed by atoms with E-state index in [2.05, 4.69) is 10.3 Å². The minimum Gasteiger partial charge on any atom is -0.497 e. The zero-order valence-corrected chi connectivity index (χ0v) is 18.1. The number of carbonyl (C=O) groups is 1. The van der Waals surface area contributed by atoms with Crippen LogP contribution in [0, 0.1) is 6.92 Å². The van der Waals surface area contributed by atoms with Crippen molar-refractivity contribution in [2.75, 3.05) is 13.7 Å². The van der Waals surface area contributed by atoms with Gasteiger partial charge in [-0.25, -0.2) is 4.98 Å². The van der Waals surface area contributed by atoms with E-state index in [1.54, 1.807) is 38.3 Å². The summed E-state index contributed by atoms with van der Waals surface area (Å²) in [6.07, 6.45) is 0.168. The Bertz CT molecular complexity index is 1130. The van der Waals surface area contributed by atoms with Crippen LogP contribution in [0.15, 0.2) is 53.3 Å². The van der Waals surface area contributed by atoms with Gasteiger partial charge in [-0.05, 0) is 36.8 Å². The quantitative estimate of drug-likeness (QED) is 0.560. The number of hydrogen-bond donors (Lipinski definition) is 2. The number of amides is 1. The molecule has 8 heteroatoms. The lowest BCUT2D eigenvalue weighted by Gasteiger charge is -2.16. The third-order valence-electron chi connectivity index (χ3n) is 4.86. The van der Waals surface area contributed by atoms with Crippen LogP contribution in [0.4, 0.5) is 0 Å². The number of aliphatic hydroxyl groups excluding tert-OH is 1. The largest absolute Gasteiger partial charge is 0.497 e. The van der Waals surface area contributed by atoms with E-state index in [9.17, 15) is 14.7 Å². The van der Waals surface area contributed by atoms with Crippen molar-refractivity contribution in [3.63, 3.8) is 0 Å². The first-order valence-corrected chi connectivity index (χ1v) is 10.2. The summed E-state index contributed by atoms with van der Waals surface area (Å²) in [5.41, 5.74) is 2.09. The van der Waals surface area contributed by atoms with Crippen molar-refractivity contribution in [1.82, 2.24) is 14.9 Å². The van der Waals surface area contributed by atoms with Gasteiger partial charge in [-0.2, -0.15) is 0 Å². The molecule has 1 aromatic heterocycles. The molecular weight excluding hydrogens is 418 g/mol. The Hall–Kier alpha value is -3.16. The summed E-state index contributed by atoms with van der Waals surface area (Å²) >= 11 is 6.12. The van der Waals surface area contributed by atoms with Crippen LogP contribution in [-0.4, -0.2) is 34.3 Å². The van der Waals surface area contributed by atoms with Crippen LogP contribution >= 0.6 is 11.6 Å². The molecule has 0 saturated heterocycles. The number of nitrogens with one attached hydrogen (secondary N) is 1. The molecule has 7 nitrogen and oxygen atoms in total. The van der Waals surface area contributed by atoms with Crippen molar-refractivity contribution < 1.29 is 14.6 Å². The van der Waals surface area contributed by atoms with Crippen LogP contribution in [0.2, 0.25) is 5.02 Å². The maximum absolute atomic E-state index is 13.1. The number of hydrogen-bond acceptors (Lipinski definition) is 5. The summed E-state index contributed by atoms with van der Waals surface area (Å²) in [6, 6.07) is 14.3. The number of benzene rings is 2. The van der Waals surface area contributed by atoms with Crippen molar-refractivity contribution >= 4 is 17.5 Å². The highest BCUT2D eigenvalue weighted by Gasteiger charge is 2.18. The Morgan fingerprint density at radius 1 is 1.23 bits per heavy atom. The van der Waals surface area contributed by atoms with Gasteiger partial charge >= 0.3 is 0 Å². The van der Waals surface area contributed by atoms with Gasteiger partial charge in [0.15, 0.2) is 0 Å². The van der Waals surface area contributed by atoms with E-state index < -0.39 is 0 Å². The van der Waals surface area contributed by atoms with Gasteiger partial charge in [-0.15, -0.1) is 0 Å². The molecule has 1 amide bonds. The average molecular weight is 442 g/mol. The highest BCUT2D eigenvalue weighted by atomic mass is 35.5. The molecule has 0 spiro atoms. The Balaban J connectivity index is 1.89. The molecule has 3 aromatic rings. The highest BCUT2D eigenvalue weighted by Crippen LogP contribution is 2.21. The minimum atomic E-state index is -0.351. The Morgan fingerprint density at radius 2 is 1.97 bits per heavy atom. The van der Waals surface area contributed by atoms with E-state index in [4.69, 9.17) is 16.3 Å². The van der Waals surface area contributed by atoms with E-state index in [0.717, 1.165) is 11.3 Å². The second-order valence-electron chi connectivity index (χ2n) is 7.00. The van der Waals surface area contributed by atoms with E-state index in [1.165, 1.54) is 4.57 Å². The molecule has 1 heterocycles. The highest BCUT2D eigenvalue weighted by molar-refractivity contribution is 6.30. The van der Waals surface area contributed by atoms with Gasteiger partial charge in [-0.1, -0.05) is 35.9 Å². The molecule has 2 aromatic carbocycles. The van der Waals surface area contributed by atoms with Crippen molar-refractivity contribution in [3.05, 3.63) is 80.7 Å². The first kappa shape index (κ1) is 22.5. The SMILES string of the molecule is COc1ccc(CNC(=O)Cn2c(-c3cccc(Cl)c3)nc(C)c(CCO)c2=O)cc1. The van der Waals surface area contributed by atoms with E-state index in [0.29, 0.717) is 34.2 Å². The van der Waals surface area contributed by atoms with Gasteiger partial charge in [0.2, 0.25) is 5.91 Å². The first-order valence-electron chi connectivity index (χ1n) is 9.79. The number of rotatable bonds is 8. The summed E-state index contributed by atoms with van der Waals surface area (Å²) in [5, 5.41) is 12.7. The van der Waals surface area contributed by atoms with Crippen LogP contribution in [0.3, 0.4) is 0 Å². The van der Waals surface area contributed by atoms with Crippen LogP contribution in [0.1, 0.15) is 16.8 Å². The monoisotopic (exact) mass is 441 g/mol. The normalized spacial score (nSPS) is 10.7. The number of carbonyl (C=O) groups excluding carboxylic acids is 1. The molecule has 0 atom stereocenters. The lowest BCUT2D eigenvalue weighted by Crippen LogP contribution is -2.35. The number of nitrogens with zero attached hydrogens (tertiary/aromatic N) is 2. The number of methoxy groups -OCH3 is 1. The molecule has 0 aliphatic heterocycles. The van der Waals surface area contributed by atoms with Gasteiger partial charge in [0.05, 0.1) is 7.11 Å². The summed E-state index contributed by atoms with van der Waals surface area (Å²) in [6.45, 7) is 1.64. The second kappa shape index (κ2) is 10.2. The van der Waals surface area contributed by atoms with Crippen molar-refractivity contribution in [2.45, 2.75) is 26.4 Å². The predicted molar refractivity (Wildman–Crippen MR) is 119 cm³/mol. The Labute approximate surface area is 185 Å². The third-order valence-corrected chi connectivity index (χ3v) is 5.10. The van der Waals surface area contributed by atoms with E-state index in [-0.39, 0.29) is 31.0 Å². The van der Waals surface area contributed by atoms with Crippen molar-refractivity contribution in [1.29, 1.82) is 0 Å². The molecule has 3 rings (SSSR count). The van der Waals surface area contributed by atoms with E-state index >= 15 is 0 Å². The lowest BCUT2D eigenvalue weighted by molar-refractivity contribution is -0.121. The molecule has 31 heavy (non-hydrogen) atoms. The summed E-state index contributed by atoms with van der Waals surface area (Å²) in [4.78, 5) is 30.3. The molecule has 0 aliphatic carbocycles. The van der Waals surface area contributed by atoms with Gasteiger partial charge in [-0.3, -0.25) is 14.2 Å². The van der Waals surface area contributed by atoms with Crippen molar-refractivity contribution in [3.8, 4) is 17.1 Å². The Kier molecular flexibility index (Phi) is 7.44. The molecular formula is C23H24ClN3O4. The molecule has 0 bridgehead atoms. The predicted octanol–water partition coefficient (Wildman–Crippen LogP) is 2.73. The minimum absolute atomic E-state index is 0.168. The van der Waals surface area contributed by atoms with E-state index in [1.807, 2.05) is 24.3 Å². The maximum Gasteiger partial charge on any atom is 0.257 e. The number of aryl methyl sites for hydroxylation is 1. The van der Waals surface area contributed by atoms with Gasteiger partial charge in [0.25, 0.3) is 5.56 Å². The maximum atomic E-state index is 13.1. The molecule has 0 fully saturated rings. The fourth-order valence-corrected chi connectivity index (χ4v) is 3.43. The van der Waals surface area contributed by atoms with Crippen LogP contribution in [-0.2, 0) is 24.3 Å². The van der Waals surface area contributed by atoms with Crippen LogP contribution in [0.5, 0.6) is 5.75 Å². The third kappa shape index (κ3) is 5.51. The van der Waals surface area contributed by atoms with Crippen LogP contribution < -0.4 is 15.6 Å². The fraction of sp³-hybridized carbons (Fsp3) is 0.261. The summed E-state index contributed by atoms with van der Waals surface area (Å²) < 4.78 is 6.46. The zero-order chi connectivity index (χ0) is 22.4. The summed E-state index contributed by atoms with van der Waals surface area (Å²) in [7, 11) is 1.59. The Morgan fingerprint density at radius 3 is 2.61 bits per heavy atom. The molecule has 0 saturated carbocycles. The molecule has 0 aliphatic rings. The number of aliphatic hydroxyl groups is 1. The average Bonchev–Trinajstić information content (AvgIpc) is 2.77. The van der Waals surface area contributed by atoms with Crippen LogP contribution in [0.25, 0.3) is 11.4 Å². The number of aromatic nitrogens is 2. The van der Waals surface area contributed by atoms with Gasteiger partial charge in [0, 0.05) is 41.4 Å². The summed E-state index contributed by atoms with van der Waals surface area (Å²) in [5.74, 6) is 0.753. The first-order chi connectivity index (χ1) is 14.9. The zero-order valence-electron chi connectivity index (χ0n) is 17.4. The van der Waals surface area contributed by atoms with Gasteiger partial charge < -0.3 is 15.2 Å². The molecule has 162 valence electrons. The number of halogens is 1. The molecule has 2 N–H and O–H groups in total. The van der Waals surface area contributed by atoms with Gasteiger partial charge in [0.1, 0.15) is 18.1 Å². The lowest BCUT2D eigenvalue weighted by atomic mass is 10.1. The fourth-order valence-electron chi connectivity index (χ4n) is 3.24. The standard InChI is InChI=1S/C23H24ClN3O4/c1-15-20(10-11-28)23(30)27(22(26-15)17-4-3-5-18(24)12-17)14-21(29)25-13-16-6-8-19(31-2)9-7-16/h3-9,12,28H,10-11,13-14H2,1-2H3,(H,25,29). The molecule has 0 radical (unpaired) electrons. The topological polar surface area (TPSA) is 93.4 Å². The number of ether oxygens (including phenoxy) is 1. The second-order valence-corrected chi connectivity index (χ2v) is 7.44. The van der Waals surface area contributed by atoms with Crippen molar-refractivity contribution in [2.24, 2.45) is 0 Å². The smallest absolute Gasteiger partial charge is 0.257 e. The molecule has 0 unspecified atom stereocenters.